The maximum atomic E-state index is 13.3. The molecule has 4 heteroatoms. The summed E-state index contributed by atoms with van der Waals surface area (Å²) in [5.74, 6) is 0.337. The van der Waals surface area contributed by atoms with Gasteiger partial charge in [0.05, 0.1) is 0 Å². The van der Waals surface area contributed by atoms with Crippen LogP contribution < -0.4 is 5.32 Å². The Morgan fingerprint density at radius 1 is 1.20 bits per heavy atom. The molecule has 2 heterocycles. The molecule has 1 aromatic heterocycles. The molecular formula is C16H18FN3. The highest BCUT2D eigenvalue weighted by Crippen LogP contribution is 2.28. The first-order valence-corrected chi connectivity index (χ1v) is 6.99. The lowest BCUT2D eigenvalue weighted by Crippen LogP contribution is -2.17. The smallest absolute Gasteiger partial charge is 0.159 e. The van der Waals surface area contributed by atoms with Crippen LogP contribution in [-0.4, -0.2) is 16.5 Å². The van der Waals surface area contributed by atoms with Crippen molar-refractivity contribution in [1.29, 1.82) is 0 Å². The van der Waals surface area contributed by atoms with Crippen molar-refractivity contribution in [3.63, 3.8) is 0 Å². The van der Waals surface area contributed by atoms with Gasteiger partial charge in [0, 0.05) is 28.6 Å². The van der Waals surface area contributed by atoms with Crippen molar-refractivity contribution >= 4 is 0 Å². The summed E-state index contributed by atoms with van der Waals surface area (Å²) in [6.07, 6.45) is 2.32. The van der Waals surface area contributed by atoms with Gasteiger partial charge in [-0.25, -0.2) is 14.4 Å². The lowest BCUT2D eigenvalue weighted by Gasteiger charge is -2.16. The highest BCUT2D eigenvalue weighted by atomic mass is 19.1. The summed E-state index contributed by atoms with van der Waals surface area (Å²) in [5, 5.41) is 3.48. The van der Waals surface area contributed by atoms with Crippen LogP contribution in [0, 0.1) is 19.7 Å². The van der Waals surface area contributed by atoms with E-state index in [0.717, 1.165) is 29.9 Å². The Kier molecular flexibility index (Phi) is 3.49. The van der Waals surface area contributed by atoms with Gasteiger partial charge in [-0.15, -0.1) is 0 Å². The van der Waals surface area contributed by atoms with Gasteiger partial charge in [0.25, 0.3) is 0 Å². The van der Waals surface area contributed by atoms with Crippen LogP contribution in [0.15, 0.2) is 24.3 Å². The molecular weight excluding hydrogens is 253 g/mol. The normalized spacial score (nSPS) is 18.4. The van der Waals surface area contributed by atoms with E-state index in [2.05, 4.69) is 15.3 Å². The first-order chi connectivity index (χ1) is 9.65. The van der Waals surface area contributed by atoms with Gasteiger partial charge in [0.15, 0.2) is 5.82 Å². The molecule has 0 aliphatic carbocycles. The maximum Gasteiger partial charge on any atom is 0.159 e. The molecule has 0 radical (unpaired) electrons. The second kappa shape index (κ2) is 5.29. The van der Waals surface area contributed by atoms with Gasteiger partial charge in [0.1, 0.15) is 5.82 Å². The van der Waals surface area contributed by atoms with Crippen molar-refractivity contribution in [2.24, 2.45) is 0 Å². The standard InChI is InChI=1S/C16H18FN3/c1-10-15(14-7-4-8-18-14)11(2)20-16(19-10)12-5-3-6-13(17)9-12/h3,5-6,9,14,18H,4,7-8H2,1-2H3. The number of nitrogens with zero attached hydrogens (tertiary/aromatic N) is 2. The summed E-state index contributed by atoms with van der Waals surface area (Å²) in [6, 6.07) is 6.79. The van der Waals surface area contributed by atoms with Crippen LogP contribution in [0.1, 0.15) is 35.8 Å². The predicted octanol–water partition coefficient (Wildman–Crippen LogP) is 3.32. The zero-order valence-corrected chi connectivity index (χ0v) is 11.8. The topological polar surface area (TPSA) is 37.8 Å². The zero-order valence-electron chi connectivity index (χ0n) is 11.8. The minimum atomic E-state index is -0.261. The summed E-state index contributed by atoms with van der Waals surface area (Å²) >= 11 is 0. The van der Waals surface area contributed by atoms with Crippen LogP contribution in [0.2, 0.25) is 0 Å². The van der Waals surface area contributed by atoms with Gasteiger partial charge in [-0.3, -0.25) is 0 Å². The fourth-order valence-electron chi connectivity index (χ4n) is 2.92. The number of hydrogen-bond acceptors (Lipinski definition) is 3. The monoisotopic (exact) mass is 271 g/mol. The molecule has 1 N–H and O–H groups in total. The number of aryl methyl sites for hydroxylation is 2. The molecule has 1 aromatic carbocycles. The molecule has 0 amide bonds. The molecule has 0 bridgehead atoms. The summed E-state index contributed by atoms with van der Waals surface area (Å²) < 4.78 is 13.3. The second-order valence-electron chi connectivity index (χ2n) is 5.29. The third kappa shape index (κ3) is 2.43. The molecule has 1 aliphatic heterocycles. The highest BCUT2D eigenvalue weighted by Gasteiger charge is 2.22. The van der Waals surface area contributed by atoms with Crippen molar-refractivity contribution in [3.05, 3.63) is 47.0 Å². The molecule has 1 aliphatic rings. The highest BCUT2D eigenvalue weighted by molar-refractivity contribution is 5.56. The summed E-state index contributed by atoms with van der Waals surface area (Å²) in [5.41, 5.74) is 3.89. The van der Waals surface area contributed by atoms with Crippen molar-refractivity contribution in [1.82, 2.24) is 15.3 Å². The van der Waals surface area contributed by atoms with Crippen LogP contribution in [0.25, 0.3) is 11.4 Å². The minimum Gasteiger partial charge on any atom is -0.310 e. The zero-order chi connectivity index (χ0) is 14.1. The van der Waals surface area contributed by atoms with Gasteiger partial charge in [0.2, 0.25) is 0 Å². The molecule has 1 unspecified atom stereocenters. The van der Waals surface area contributed by atoms with E-state index in [1.807, 2.05) is 19.9 Å². The van der Waals surface area contributed by atoms with Gasteiger partial charge in [-0.1, -0.05) is 12.1 Å². The first kappa shape index (κ1) is 13.2. The molecule has 0 spiro atoms. The molecule has 3 rings (SSSR count). The van der Waals surface area contributed by atoms with E-state index < -0.39 is 0 Å². The van der Waals surface area contributed by atoms with E-state index in [1.54, 1.807) is 6.07 Å². The summed E-state index contributed by atoms with van der Waals surface area (Å²) in [4.78, 5) is 9.14. The van der Waals surface area contributed by atoms with E-state index in [0.29, 0.717) is 11.9 Å². The van der Waals surface area contributed by atoms with E-state index in [4.69, 9.17) is 0 Å². The number of rotatable bonds is 2. The van der Waals surface area contributed by atoms with Crippen molar-refractivity contribution < 1.29 is 4.39 Å². The number of aromatic nitrogens is 2. The van der Waals surface area contributed by atoms with Gasteiger partial charge in [-0.2, -0.15) is 0 Å². The second-order valence-corrected chi connectivity index (χ2v) is 5.29. The molecule has 1 atom stereocenters. The molecule has 2 aromatic rings. The fraction of sp³-hybridized carbons (Fsp3) is 0.375. The van der Waals surface area contributed by atoms with Crippen molar-refractivity contribution in [2.45, 2.75) is 32.7 Å². The van der Waals surface area contributed by atoms with Crippen LogP contribution in [-0.2, 0) is 0 Å². The average molecular weight is 271 g/mol. The molecule has 0 saturated carbocycles. The van der Waals surface area contributed by atoms with Crippen LogP contribution >= 0.6 is 0 Å². The predicted molar refractivity (Wildman–Crippen MR) is 76.9 cm³/mol. The van der Waals surface area contributed by atoms with E-state index in [9.17, 15) is 4.39 Å². The van der Waals surface area contributed by atoms with E-state index >= 15 is 0 Å². The van der Waals surface area contributed by atoms with Gasteiger partial charge in [-0.05, 0) is 45.4 Å². The maximum absolute atomic E-state index is 13.3. The molecule has 1 saturated heterocycles. The fourth-order valence-corrected chi connectivity index (χ4v) is 2.92. The Bertz CT molecular complexity index is 610. The largest absolute Gasteiger partial charge is 0.310 e. The molecule has 1 fully saturated rings. The third-order valence-electron chi connectivity index (χ3n) is 3.82. The van der Waals surface area contributed by atoms with Crippen molar-refractivity contribution in [2.75, 3.05) is 6.54 Å². The van der Waals surface area contributed by atoms with Crippen LogP contribution in [0.4, 0.5) is 4.39 Å². The third-order valence-corrected chi connectivity index (χ3v) is 3.82. The number of hydrogen-bond donors (Lipinski definition) is 1. The Hall–Kier alpha value is -1.81. The first-order valence-electron chi connectivity index (χ1n) is 6.99. The van der Waals surface area contributed by atoms with Crippen LogP contribution in [0.3, 0.4) is 0 Å². The number of nitrogens with one attached hydrogen (secondary N) is 1. The minimum absolute atomic E-state index is 0.261. The van der Waals surface area contributed by atoms with E-state index in [1.165, 1.54) is 24.1 Å². The summed E-state index contributed by atoms with van der Waals surface area (Å²) in [6.45, 7) is 5.06. The lowest BCUT2D eigenvalue weighted by molar-refractivity contribution is 0.626. The molecule has 3 nitrogen and oxygen atoms in total. The van der Waals surface area contributed by atoms with E-state index in [-0.39, 0.29) is 5.82 Å². The van der Waals surface area contributed by atoms with Crippen molar-refractivity contribution in [3.8, 4) is 11.4 Å². The lowest BCUT2D eigenvalue weighted by atomic mass is 10.0. The SMILES string of the molecule is Cc1nc(-c2cccc(F)c2)nc(C)c1C1CCCN1. The Labute approximate surface area is 118 Å². The summed E-state index contributed by atoms with van der Waals surface area (Å²) in [7, 11) is 0. The quantitative estimate of drug-likeness (QED) is 0.910. The number of halogens is 1. The molecule has 20 heavy (non-hydrogen) atoms. The molecule has 104 valence electrons. The van der Waals surface area contributed by atoms with Crippen LogP contribution in [0.5, 0.6) is 0 Å². The number of benzene rings is 1. The Morgan fingerprint density at radius 2 is 1.95 bits per heavy atom. The average Bonchev–Trinajstić information content (AvgIpc) is 2.91. The van der Waals surface area contributed by atoms with Gasteiger partial charge >= 0.3 is 0 Å². The van der Waals surface area contributed by atoms with Gasteiger partial charge < -0.3 is 5.32 Å². The Morgan fingerprint density at radius 3 is 2.55 bits per heavy atom. The Balaban J connectivity index is 2.03.